The Morgan fingerprint density at radius 3 is 2.32 bits per heavy atom. The molecule has 2 N–H and O–H groups in total. The summed E-state index contributed by atoms with van der Waals surface area (Å²) in [6.07, 6.45) is 2.79. The Balaban J connectivity index is 0.000000279. The number of halogens is 5. The monoisotopic (exact) mass is 539 g/mol. The summed E-state index contributed by atoms with van der Waals surface area (Å²) < 4.78 is 71.3. The second-order valence-electron chi connectivity index (χ2n) is 7.94. The SMILES string of the molecule is CCCCCn1ccc2cc(-c3ncc(OC)cn3)c(F)c(F)c2c1=O.O=c1[nH]ncc(O)c1C(F)(F)F. The molecule has 0 bridgehead atoms. The van der Waals surface area contributed by atoms with Gasteiger partial charge in [-0.25, -0.2) is 23.8 Å². The summed E-state index contributed by atoms with van der Waals surface area (Å²) in [6.45, 7) is 2.54. The molecule has 1 aromatic carbocycles. The van der Waals surface area contributed by atoms with Gasteiger partial charge in [-0.05, 0) is 23.9 Å². The summed E-state index contributed by atoms with van der Waals surface area (Å²) in [4.78, 5) is 31.0. The van der Waals surface area contributed by atoms with Gasteiger partial charge in [0.2, 0.25) is 0 Å². The molecule has 3 aromatic heterocycles. The van der Waals surface area contributed by atoms with E-state index in [9.17, 15) is 31.5 Å². The molecule has 0 fully saturated rings. The topological polar surface area (TPSA) is 123 Å². The number of ether oxygens (including phenoxy) is 1. The normalized spacial score (nSPS) is 11.2. The van der Waals surface area contributed by atoms with Crippen LogP contribution in [0.25, 0.3) is 22.2 Å². The van der Waals surface area contributed by atoms with Crippen LogP contribution in [0, 0.1) is 11.6 Å². The van der Waals surface area contributed by atoms with E-state index in [0.717, 1.165) is 19.3 Å². The van der Waals surface area contributed by atoms with E-state index < -0.39 is 40.2 Å². The first-order valence-electron chi connectivity index (χ1n) is 11.2. The van der Waals surface area contributed by atoms with Gasteiger partial charge >= 0.3 is 6.18 Å². The minimum Gasteiger partial charge on any atom is -0.505 e. The van der Waals surface area contributed by atoms with Crippen molar-refractivity contribution in [3.8, 4) is 22.9 Å². The molecule has 4 rings (SSSR count). The lowest BCUT2D eigenvalue weighted by atomic mass is 10.1. The van der Waals surface area contributed by atoms with Crippen molar-refractivity contribution in [2.24, 2.45) is 0 Å². The molecular weight excluding hydrogens is 517 g/mol. The van der Waals surface area contributed by atoms with Crippen molar-refractivity contribution in [1.82, 2.24) is 24.7 Å². The second-order valence-corrected chi connectivity index (χ2v) is 7.94. The number of aromatic hydroxyl groups is 1. The van der Waals surface area contributed by atoms with Crippen LogP contribution in [0.4, 0.5) is 22.0 Å². The van der Waals surface area contributed by atoms with Crippen molar-refractivity contribution < 1.29 is 31.8 Å². The Bertz CT molecular complexity index is 1540. The first kappa shape index (κ1) is 28.2. The van der Waals surface area contributed by atoms with Crippen LogP contribution >= 0.6 is 0 Å². The third kappa shape index (κ3) is 6.12. The molecular formula is C24H22F5N5O4. The third-order valence-corrected chi connectivity index (χ3v) is 5.37. The molecule has 202 valence electrons. The number of pyridine rings is 1. The van der Waals surface area contributed by atoms with Crippen LogP contribution in [0.15, 0.2) is 46.5 Å². The van der Waals surface area contributed by atoms with Crippen molar-refractivity contribution in [3.63, 3.8) is 0 Å². The number of hydrogen-bond acceptors (Lipinski definition) is 7. The van der Waals surface area contributed by atoms with E-state index in [-0.39, 0.29) is 16.8 Å². The highest BCUT2D eigenvalue weighted by Gasteiger charge is 2.37. The van der Waals surface area contributed by atoms with E-state index in [0.29, 0.717) is 23.9 Å². The lowest BCUT2D eigenvalue weighted by molar-refractivity contribution is -0.140. The van der Waals surface area contributed by atoms with E-state index in [1.165, 1.54) is 30.1 Å². The van der Waals surface area contributed by atoms with Gasteiger partial charge < -0.3 is 14.4 Å². The Morgan fingerprint density at radius 1 is 1.08 bits per heavy atom. The molecule has 0 radical (unpaired) electrons. The summed E-state index contributed by atoms with van der Waals surface area (Å²) in [7, 11) is 1.46. The molecule has 0 aliphatic rings. The number of fused-ring (bicyclic) bond motifs is 1. The quantitative estimate of drug-likeness (QED) is 0.275. The number of methoxy groups -OCH3 is 1. The standard InChI is InChI=1S/C19H19F2N3O2.C5H3F3N2O2/c1-3-4-5-7-24-8-6-12-9-14(16(20)17(21)15(12)19(24)25)18-22-10-13(26-2)11-23-18;6-5(7,8)3-2(11)1-9-10-4(3)12/h6,8-11H,3-5,7H2,1-2H3;1H,(H2,10,11,12). The number of rotatable bonds is 6. The molecule has 14 heteroatoms. The molecule has 0 aliphatic carbocycles. The number of aryl methyl sites for hydroxylation is 1. The average molecular weight is 539 g/mol. The molecule has 9 nitrogen and oxygen atoms in total. The Hall–Kier alpha value is -4.36. The van der Waals surface area contributed by atoms with Crippen LogP contribution in [0.1, 0.15) is 31.7 Å². The van der Waals surface area contributed by atoms with Crippen LogP contribution in [0.3, 0.4) is 0 Å². The maximum absolute atomic E-state index is 14.7. The minimum atomic E-state index is -4.86. The lowest BCUT2D eigenvalue weighted by Crippen LogP contribution is -2.22. The zero-order valence-corrected chi connectivity index (χ0v) is 20.1. The maximum atomic E-state index is 14.7. The maximum Gasteiger partial charge on any atom is 0.425 e. The fourth-order valence-corrected chi connectivity index (χ4v) is 3.47. The number of H-pyrrole nitrogens is 1. The van der Waals surface area contributed by atoms with E-state index in [2.05, 4.69) is 22.0 Å². The van der Waals surface area contributed by atoms with Crippen LogP contribution in [0.2, 0.25) is 0 Å². The van der Waals surface area contributed by atoms with Gasteiger partial charge in [0, 0.05) is 12.7 Å². The predicted octanol–water partition coefficient (Wildman–Crippen LogP) is 4.43. The fraction of sp³-hybridized carbons (Fsp3) is 0.292. The number of hydrogen-bond donors (Lipinski definition) is 2. The Labute approximate surface area is 211 Å². The van der Waals surface area contributed by atoms with Crippen molar-refractivity contribution in [3.05, 3.63) is 74.8 Å². The molecule has 4 aromatic rings. The average Bonchev–Trinajstić information content (AvgIpc) is 2.87. The van der Waals surface area contributed by atoms with Gasteiger partial charge in [0.05, 0.1) is 36.7 Å². The number of nitrogens with one attached hydrogen (secondary N) is 1. The number of nitrogens with zero attached hydrogens (tertiary/aromatic N) is 4. The first-order chi connectivity index (χ1) is 18.0. The molecule has 0 amide bonds. The van der Waals surface area contributed by atoms with Crippen LogP contribution < -0.4 is 15.9 Å². The van der Waals surface area contributed by atoms with Crippen LogP contribution in [-0.2, 0) is 12.7 Å². The smallest absolute Gasteiger partial charge is 0.425 e. The number of unbranched alkanes of at least 4 members (excludes halogenated alkanes) is 2. The van der Waals surface area contributed by atoms with Crippen LogP contribution in [-0.4, -0.2) is 36.9 Å². The summed E-state index contributed by atoms with van der Waals surface area (Å²) >= 11 is 0. The van der Waals surface area contributed by atoms with E-state index in [1.54, 1.807) is 17.4 Å². The van der Waals surface area contributed by atoms with E-state index in [4.69, 9.17) is 9.84 Å². The zero-order valence-electron chi connectivity index (χ0n) is 20.1. The Morgan fingerprint density at radius 2 is 1.76 bits per heavy atom. The third-order valence-electron chi connectivity index (χ3n) is 5.37. The highest BCUT2D eigenvalue weighted by Crippen LogP contribution is 2.31. The molecule has 0 spiro atoms. The molecule has 0 saturated carbocycles. The van der Waals surface area contributed by atoms with Gasteiger partial charge in [-0.1, -0.05) is 19.8 Å². The highest BCUT2D eigenvalue weighted by atomic mass is 19.4. The molecule has 3 heterocycles. The van der Waals surface area contributed by atoms with Gasteiger partial charge in [0.25, 0.3) is 11.1 Å². The largest absolute Gasteiger partial charge is 0.505 e. The lowest BCUT2D eigenvalue weighted by Gasteiger charge is -2.10. The van der Waals surface area contributed by atoms with E-state index in [1.807, 2.05) is 0 Å². The number of aromatic nitrogens is 5. The van der Waals surface area contributed by atoms with Gasteiger partial charge in [-0.3, -0.25) is 9.59 Å². The van der Waals surface area contributed by atoms with Crippen LogP contribution in [0.5, 0.6) is 11.5 Å². The number of benzene rings is 1. The van der Waals surface area contributed by atoms with Gasteiger partial charge in [0.15, 0.2) is 34.5 Å². The molecule has 0 atom stereocenters. The summed E-state index contributed by atoms with van der Waals surface area (Å²) in [5, 5.41) is 13.2. The van der Waals surface area contributed by atoms with Crippen molar-refractivity contribution >= 4 is 10.8 Å². The number of aromatic amines is 1. The zero-order chi connectivity index (χ0) is 28.0. The van der Waals surface area contributed by atoms with Crippen molar-refractivity contribution in [1.29, 1.82) is 0 Å². The van der Waals surface area contributed by atoms with E-state index >= 15 is 0 Å². The highest BCUT2D eigenvalue weighted by molar-refractivity contribution is 5.86. The minimum absolute atomic E-state index is 0.0243. The molecule has 0 aliphatic heterocycles. The predicted molar refractivity (Wildman–Crippen MR) is 127 cm³/mol. The summed E-state index contributed by atoms with van der Waals surface area (Å²) in [5.74, 6) is -3.05. The van der Waals surface area contributed by atoms with Gasteiger partial charge in [-0.2, -0.15) is 18.3 Å². The molecule has 38 heavy (non-hydrogen) atoms. The van der Waals surface area contributed by atoms with Crippen molar-refractivity contribution in [2.45, 2.75) is 38.9 Å². The first-order valence-corrected chi connectivity index (χ1v) is 11.2. The van der Waals surface area contributed by atoms with Crippen molar-refractivity contribution in [2.75, 3.05) is 7.11 Å². The second kappa shape index (κ2) is 11.8. The number of alkyl halides is 3. The van der Waals surface area contributed by atoms with Gasteiger partial charge in [-0.15, -0.1) is 0 Å². The summed E-state index contributed by atoms with van der Waals surface area (Å²) in [6, 6.07) is 3.01. The fourth-order valence-electron chi connectivity index (χ4n) is 3.47. The molecule has 0 saturated heterocycles. The van der Waals surface area contributed by atoms with Gasteiger partial charge in [0.1, 0.15) is 0 Å². The summed E-state index contributed by atoms with van der Waals surface area (Å²) in [5.41, 5.74) is -3.71. The molecule has 0 unspecified atom stereocenters. The Kier molecular flexibility index (Phi) is 8.76.